The summed E-state index contributed by atoms with van der Waals surface area (Å²) >= 11 is 5.69. The third-order valence-electron chi connectivity index (χ3n) is 2.01. The second-order valence-electron chi connectivity index (χ2n) is 3.48. The van der Waals surface area contributed by atoms with Gasteiger partial charge in [-0.2, -0.15) is 0 Å². The van der Waals surface area contributed by atoms with Gasteiger partial charge in [-0.05, 0) is 24.3 Å². The van der Waals surface area contributed by atoms with Gasteiger partial charge >= 0.3 is 0 Å². The maximum atomic E-state index is 11.6. The Morgan fingerprint density at radius 1 is 1.25 bits per heavy atom. The summed E-state index contributed by atoms with van der Waals surface area (Å²) in [5.74, 6) is -0.436. The second kappa shape index (κ2) is 5.51. The molecule has 0 aliphatic carbocycles. The van der Waals surface area contributed by atoms with E-state index in [0.717, 1.165) is 0 Å². The normalized spacial score (nSPS) is 9.69. The van der Waals surface area contributed by atoms with Gasteiger partial charge in [-0.1, -0.05) is 11.6 Å². The molecule has 0 saturated carbocycles. The summed E-state index contributed by atoms with van der Waals surface area (Å²) in [6, 6.07) is 6.48. The molecule has 0 atom stereocenters. The summed E-state index contributed by atoms with van der Waals surface area (Å²) in [6.45, 7) is -0.00550. The number of benzene rings is 1. The van der Waals surface area contributed by atoms with Crippen molar-refractivity contribution >= 4 is 23.4 Å². The van der Waals surface area contributed by atoms with Crippen molar-refractivity contribution in [3.05, 3.63) is 34.9 Å². The lowest BCUT2D eigenvalue weighted by Crippen LogP contribution is -2.36. The van der Waals surface area contributed by atoms with E-state index in [1.54, 1.807) is 38.4 Å². The number of nitrogens with one attached hydrogen (secondary N) is 1. The molecule has 0 aromatic heterocycles. The van der Waals surface area contributed by atoms with Gasteiger partial charge in [0.1, 0.15) is 0 Å². The Hall–Kier alpha value is -1.55. The Labute approximate surface area is 99.2 Å². The van der Waals surface area contributed by atoms with Crippen molar-refractivity contribution in [2.45, 2.75) is 0 Å². The third-order valence-corrected chi connectivity index (χ3v) is 2.26. The molecule has 1 N–H and O–H groups in total. The van der Waals surface area contributed by atoms with Crippen LogP contribution in [0.15, 0.2) is 24.3 Å². The molecule has 0 fully saturated rings. The van der Waals surface area contributed by atoms with E-state index in [4.69, 9.17) is 11.6 Å². The van der Waals surface area contributed by atoms with E-state index in [2.05, 4.69) is 5.32 Å². The van der Waals surface area contributed by atoms with Crippen LogP contribution >= 0.6 is 11.6 Å². The Balaban J connectivity index is 2.53. The Bertz CT molecular complexity index is 387. The van der Waals surface area contributed by atoms with E-state index in [-0.39, 0.29) is 18.4 Å². The molecular formula is C11H13ClN2O2. The summed E-state index contributed by atoms with van der Waals surface area (Å²) in [4.78, 5) is 24.2. The fourth-order valence-electron chi connectivity index (χ4n) is 1.02. The summed E-state index contributed by atoms with van der Waals surface area (Å²) in [7, 11) is 3.27. The molecule has 2 amide bonds. The molecule has 0 spiro atoms. The second-order valence-corrected chi connectivity index (χ2v) is 3.91. The SMILES string of the molecule is CN(C)C(=O)CNC(=O)c1ccc(Cl)cc1. The molecule has 0 saturated heterocycles. The van der Waals surface area contributed by atoms with Gasteiger partial charge in [0.15, 0.2) is 0 Å². The van der Waals surface area contributed by atoms with E-state index < -0.39 is 0 Å². The standard InChI is InChI=1S/C11H13ClN2O2/c1-14(2)10(15)7-13-11(16)8-3-5-9(12)6-4-8/h3-6H,7H2,1-2H3,(H,13,16). The van der Waals surface area contributed by atoms with Gasteiger partial charge in [-0.3, -0.25) is 9.59 Å². The number of likely N-dealkylation sites (N-methyl/N-ethyl adjacent to an activating group) is 1. The number of halogens is 1. The summed E-state index contributed by atoms with van der Waals surface area (Å²) in [5, 5.41) is 3.10. The van der Waals surface area contributed by atoms with Crippen molar-refractivity contribution in [1.82, 2.24) is 10.2 Å². The topological polar surface area (TPSA) is 49.4 Å². The van der Waals surface area contributed by atoms with Crippen molar-refractivity contribution < 1.29 is 9.59 Å². The minimum atomic E-state index is -0.285. The summed E-state index contributed by atoms with van der Waals surface area (Å²) < 4.78 is 0. The number of hydrogen-bond donors (Lipinski definition) is 1. The van der Waals surface area contributed by atoms with Crippen LogP contribution in [0.3, 0.4) is 0 Å². The van der Waals surface area contributed by atoms with Crippen LogP contribution in [0.5, 0.6) is 0 Å². The van der Waals surface area contributed by atoms with Crippen LogP contribution in [0, 0.1) is 0 Å². The first-order valence-electron chi connectivity index (χ1n) is 4.74. The van der Waals surface area contributed by atoms with Crippen LogP contribution in [0.4, 0.5) is 0 Å². The van der Waals surface area contributed by atoms with Gasteiger partial charge in [0.05, 0.1) is 6.54 Å². The molecule has 4 nitrogen and oxygen atoms in total. The lowest BCUT2D eigenvalue weighted by atomic mass is 10.2. The van der Waals surface area contributed by atoms with E-state index in [1.807, 2.05) is 0 Å². The van der Waals surface area contributed by atoms with Crippen molar-refractivity contribution in [2.75, 3.05) is 20.6 Å². The highest BCUT2D eigenvalue weighted by atomic mass is 35.5. The lowest BCUT2D eigenvalue weighted by molar-refractivity contribution is -0.127. The number of rotatable bonds is 3. The zero-order valence-electron chi connectivity index (χ0n) is 9.16. The van der Waals surface area contributed by atoms with Gasteiger partial charge in [-0.25, -0.2) is 0 Å². The predicted molar refractivity (Wildman–Crippen MR) is 62.5 cm³/mol. The maximum Gasteiger partial charge on any atom is 0.251 e. The van der Waals surface area contributed by atoms with E-state index >= 15 is 0 Å². The smallest absolute Gasteiger partial charge is 0.251 e. The molecule has 16 heavy (non-hydrogen) atoms. The average Bonchev–Trinajstić information content (AvgIpc) is 2.26. The minimum absolute atomic E-state index is 0.00550. The van der Waals surface area contributed by atoms with Crippen LogP contribution in [0.2, 0.25) is 5.02 Å². The van der Waals surface area contributed by atoms with Gasteiger partial charge < -0.3 is 10.2 Å². The van der Waals surface area contributed by atoms with Crippen LogP contribution in [0.1, 0.15) is 10.4 Å². The first-order valence-corrected chi connectivity index (χ1v) is 5.12. The van der Waals surface area contributed by atoms with Gasteiger partial charge in [0, 0.05) is 24.7 Å². The van der Waals surface area contributed by atoms with E-state index in [1.165, 1.54) is 4.90 Å². The number of nitrogens with zero attached hydrogens (tertiary/aromatic N) is 1. The highest BCUT2D eigenvalue weighted by Crippen LogP contribution is 2.09. The molecule has 1 rings (SSSR count). The first-order chi connectivity index (χ1) is 7.50. The molecule has 86 valence electrons. The Kier molecular flexibility index (Phi) is 4.31. The van der Waals surface area contributed by atoms with Gasteiger partial charge in [-0.15, -0.1) is 0 Å². The largest absolute Gasteiger partial charge is 0.347 e. The average molecular weight is 241 g/mol. The highest BCUT2D eigenvalue weighted by Gasteiger charge is 2.08. The molecule has 0 unspecified atom stereocenters. The third kappa shape index (κ3) is 3.55. The Morgan fingerprint density at radius 2 is 1.81 bits per heavy atom. The van der Waals surface area contributed by atoms with E-state index in [9.17, 15) is 9.59 Å². The minimum Gasteiger partial charge on any atom is -0.347 e. The fourth-order valence-corrected chi connectivity index (χ4v) is 1.14. The molecule has 0 bridgehead atoms. The number of amides is 2. The van der Waals surface area contributed by atoms with Crippen LogP contribution in [-0.4, -0.2) is 37.4 Å². The maximum absolute atomic E-state index is 11.6. The van der Waals surface area contributed by atoms with E-state index in [0.29, 0.717) is 10.6 Å². The monoisotopic (exact) mass is 240 g/mol. The molecular weight excluding hydrogens is 228 g/mol. The zero-order chi connectivity index (χ0) is 12.1. The van der Waals surface area contributed by atoms with Gasteiger partial charge in [0.2, 0.25) is 5.91 Å². The number of carbonyl (C=O) groups is 2. The fraction of sp³-hybridized carbons (Fsp3) is 0.273. The van der Waals surface area contributed by atoms with Crippen LogP contribution < -0.4 is 5.32 Å². The van der Waals surface area contributed by atoms with Crippen molar-refractivity contribution in [3.8, 4) is 0 Å². The summed E-state index contributed by atoms with van der Waals surface area (Å²) in [6.07, 6.45) is 0. The lowest BCUT2D eigenvalue weighted by Gasteiger charge is -2.10. The Morgan fingerprint density at radius 3 is 2.31 bits per heavy atom. The first kappa shape index (κ1) is 12.5. The van der Waals surface area contributed by atoms with Crippen molar-refractivity contribution in [1.29, 1.82) is 0 Å². The van der Waals surface area contributed by atoms with Crippen molar-refractivity contribution in [3.63, 3.8) is 0 Å². The zero-order valence-corrected chi connectivity index (χ0v) is 9.91. The summed E-state index contributed by atoms with van der Waals surface area (Å²) in [5.41, 5.74) is 0.482. The number of carbonyl (C=O) groups excluding carboxylic acids is 2. The van der Waals surface area contributed by atoms with Gasteiger partial charge in [0.25, 0.3) is 5.91 Å². The number of hydrogen-bond acceptors (Lipinski definition) is 2. The molecule has 1 aromatic carbocycles. The molecule has 0 heterocycles. The van der Waals surface area contributed by atoms with Crippen LogP contribution in [-0.2, 0) is 4.79 Å². The molecule has 0 radical (unpaired) electrons. The quantitative estimate of drug-likeness (QED) is 0.862. The highest BCUT2D eigenvalue weighted by molar-refractivity contribution is 6.30. The molecule has 5 heteroatoms. The molecule has 0 aliphatic rings. The van der Waals surface area contributed by atoms with Crippen molar-refractivity contribution in [2.24, 2.45) is 0 Å². The molecule has 1 aromatic rings. The predicted octanol–water partition coefficient (Wildman–Crippen LogP) is 1.16. The van der Waals surface area contributed by atoms with Crippen LogP contribution in [0.25, 0.3) is 0 Å². The molecule has 0 aliphatic heterocycles.